The van der Waals surface area contributed by atoms with Gasteiger partial charge in [-0.3, -0.25) is 9.36 Å². The van der Waals surface area contributed by atoms with Gasteiger partial charge in [0, 0.05) is 22.4 Å². The molecule has 0 aliphatic rings. The summed E-state index contributed by atoms with van der Waals surface area (Å²) in [6.07, 6.45) is 1.76. The zero-order valence-corrected chi connectivity index (χ0v) is 15.7. The number of amides is 1. The van der Waals surface area contributed by atoms with Crippen LogP contribution in [0.15, 0.2) is 53.5 Å². The van der Waals surface area contributed by atoms with Crippen LogP contribution in [-0.2, 0) is 11.3 Å². The van der Waals surface area contributed by atoms with Gasteiger partial charge >= 0.3 is 0 Å². The monoisotopic (exact) mass is 388 g/mol. The Morgan fingerprint density at radius 2 is 2.23 bits per heavy atom. The number of benzene rings is 1. The van der Waals surface area contributed by atoms with Gasteiger partial charge in [-0.25, -0.2) is 4.39 Å². The highest BCUT2D eigenvalue weighted by Crippen LogP contribution is 2.27. The maximum Gasteiger partial charge on any atom is 0.234 e. The first-order chi connectivity index (χ1) is 12.6. The van der Waals surface area contributed by atoms with Gasteiger partial charge in [-0.15, -0.1) is 28.1 Å². The number of nitrogens with zero attached hydrogens (tertiary/aromatic N) is 3. The van der Waals surface area contributed by atoms with Crippen molar-refractivity contribution in [3.8, 4) is 11.4 Å². The number of nitrogens with one attached hydrogen (secondary N) is 1. The Hall–Kier alpha value is -2.45. The molecule has 134 valence electrons. The topological polar surface area (TPSA) is 59.8 Å². The van der Waals surface area contributed by atoms with E-state index in [2.05, 4.69) is 22.1 Å². The number of carbonyl (C=O) groups is 1. The van der Waals surface area contributed by atoms with Gasteiger partial charge in [-0.2, -0.15) is 0 Å². The molecule has 0 aliphatic heterocycles. The molecule has 0 saturated heterocycles. The quantitative estimate of drug-likeness (QED) is 0.482. The number of thiophene rings is 1. The molecule has 0 unspecified atom stereocenters. The van der Waals surface area contributed by atoms with Gasteiger partial charge in [-0.1, -0.05) is 30.0 Å². The summed E-state index contributed by atoms with van der Waals surface area (Å²) in [5.41, 5.74) is 1.16. The van der Waals surface area contributed by atoms with Crippen LogP contribution in [0.4, 0.5) is 10.1 Å². The third-order valence-corrected chi connectivity index (χ3v) is 5.33. The highest BCUT2D eigenvalue weighted by Gasteiger charge is 2.16. The van der Waals surface area contributed by atoms with Crippen molar-refractivity contribution in [3.63, 3.8) is 0 Å². The number of aromatic nitrogens is 3. The average Bonchev–Trinajstić information content (AvgIpc) is 3.22. The first kappa shape index (κ1) is 18.3. The van der Waals surface area contributed by atoms with Gasteiger partial charge in [0.25, 0.3) is 0 Å². The summed E-state index contributed by atoms with van der Waals surface area (Å²) in [6, 6.07) is 8.12. The van der Waals surface area contributed by atoms with Crippen molar-refractivity contribution in [2.24, 2.45) is 0 Å². The third-order valence-electron chi connectivity index (χ3n) is 3.50. The first-order valence-corrected chi connectivity index (χ1v) is 9.72. The fourth-order valence-corrected chi connectivity index (χ4v) is 3.77. The zero-order valence-electron chi connectivity index (χ0n) is 14.1. The van der Waals surface area contributed by atoms with E-state index in [0.717, 1.165) is 11.4 Å². The summed E-state index contributed by atoms with van der Waals surface area (Å²) < 4.78 is 15.5. The van der Waals surface area contributed by atoms with E-state index in [1.807, 2.05) is 22.9 Å². The SMILES string of the molecule is C=CCn1c(SCC(=O)Nc2ccccc2F)nnc1-c1csc(C)c1. The second-order valence-corrected chi connectivity index (χ2v) is 7.53. The lowest BCUT2D eigenvalue weighted by atomic mass is 10.3. The van der Waals surface area contributed by atoms with E-state index in [1.165, 1.54) is 28.8 Å². The zero-order chi connectivity index (χ0) is 18.5. The first-order valence-electron chi connectivity index (χ1n) is 7.85. The summed E-state index contributed by atoms with van der Waals surface area (Å²) in [7, 11) is 0. The van der Waals surface area contributed by atoms with Crippen molar-refractivity contribution >= 4 is 34.7 Å². The van der Waals surface area contributed by atoms with Gasteiger partial charge in [0.1, 0.15) is 5.82 Å². The molecule has 0 bridgehead atoms. The maximum absolute atomic E-state index is 13.6. The van der Waals surface area contributed by atoms with E-state index < -0.39 is 5.82 Å². The fraction of sp³-hybridized carbons (Fsp3) is 0.167. The van der Waals surface area contributed by atoms with E-state index >= 15 is 0 Å². The smallest absolute Gasteiger partial charge is 0.234 e. The fourth-order valence-electron chi connectivity index (χ4n) is 2.34. The molecule has 26 heavy (non-hydrogen) atoms. The van der Waals surface area contributed by atoms with Crippen molar-refractivity contribution in [2.75, 3.05) is 11.1 Å². The molecule has 1 amide bonds. The molecule has 8 heteroatoms. The number of hydrogen-bond donors (Lipinski definition) is 1. The minimum atomic E-state index is -0.462. The van der Waals surface area contributed by atoms with E-state index in [9.17, 15) is 9.18 Å². The largest absolute Gasteiger partial charge is 0.323 e. The van der Waals surface area contributed by atoms with Crippen molar-refractivity contribution in [2.45, 2.75) is 18.6 Å². The molecule has 3 rings (SSSR count). The molecular weight excluding hydrogens is 371 g/mol. The molecular formula is C18H17FN4OS2. The average molecular weight is 388 g/mol. The van der Waals surface area contributed by atoms with Crippen LogP contribution in [0.1, 0.15) is 4.88 Å². The summed E-state index contributed by atoms with van der Waals surface area (Å²) in [4.78, 5) is 13.3. The van der Waals surface area contributed by atoms with Gasteiger partial charge in [0.15, 0.2) is 11.0 Å². The van der Waals surface area contributed by atoms with Crippen LogP contribution in [0.25, 0.3) is 11.4 Å². The van der Waals surface area contributed by atoms with Crippen molar-refractivity contribution in [1.82, 2.24) is 14.8 Å². The number of rotatable bonds is 7. The molecule has 2 heterocycles. The third kappa shape index (κ3) is 4.20. The molecule has 0 atom stereocenters. The van der Waals surface area contributed by atoms with Crippen LogP contribution in [0, 0.1) is 12.7 Å². The number of carbonyl (C=O) groups excluding carboxylic acids is 1. The lowest BCUT2D eigenvalue weighted by Crippen LogP contribution is -2.15. The van der Waals surface area contributed by atoms with Crippen LogP contribution in [0.2, 0.25) is 0 Å². The Morgan fingerprint density at radius 3 is 2.92 bits per heavy atom. The second kappa shape index (κ2) is 8.29. The van der Waals surface area contributed by atoms with Crippen LogP contribution in [0.3, 0.4) is 0 Å². The second-order valence-electron chi connectivity index (χ2n) is 5.47. The molecule has 0 radical (unpaired) electrons. The Bertz CT molecular complexity index is 935. The number of anilines is 1. The molecule has 5 nitrogen and oxygen atoms in total. The standard InChI is InChI=1S/C18H17FN4OS2/c1-3-8-23-17(13-9-12(2)25-10-13)21-22-18(23)26-11-16(24)20-15-7-5-4-6-14(15)19/h3-7,9-10H,1,8,11H2,2H3,(H,20,24). The van der Waals surface area contributed by atoms with E-state index in [-0.39, 0.29) is 17.3 Å². The van der Waals surface area contributed by atoms with E-state index in [0.29, 0.717) is 11.7 Å². The molecule has 2 aromatic heterocycles. The van der Waals surface area contributed by atoms with Gasteiger partial charge in [0.2, 0.25) is 5.91 Å². The van der Waals surface area contributed by atoms with Crippen LogP contribution >= 0.6 is 23.1 Å². The maximum atomic E-state index is 13.6. The predicted molar refractivity (Wildman–Crippen MR) is 104 cm³/mol. The minimum absolute atomic E-state index is 0.103. The molecule has 0 fully saturated rings. The molecule has 0 aliphatic carbocycles. The summed E-state index contributed by atoms with van der Waals surface area (Å²) in [6.45, 7) is 6.34. The molecule has 0 spiro atoms. The Balaban J connectivity index is 1.71. The lowest BCUT2D eigenvalue weighted by molar-refractivity contribution is -0.113. The molecule has 1 aromatic carbocycles. The predicted octanol–water partition coefficient (Wildman–Crippen LogP) is 4.37. The van der Waals surface area contributed by atoms with Crippen molar-refractivity contribution in [3.05, 3.63) is 59.1 Å². The highest BCUT2D eigenvalue weighted by molar-refractivity contribution is 7.99. The number of aryl methyl sites for hydroxylation is 1. The summed E-state index contributed by atoms with van der Waals surface area (Å²) >= 11 is 2.90. The van der Waals surface area contributed by atoms with Gasteiger partial charge < -0.3 is 5.32 Å². The van der Waals surface area contributed by atoms with Gasteiger partial charge in [-0.05, 0) is 25.1 Å². The van der Waals surface area contributed by atoms with Gasteiger partial charge in [0.05, 0.1) is 11.4 Å². The van der Waals surface area contributed by atoms with Crippen LogP contribution < -0.4 is 5.32 Å². The normalized spacial score (nSPS) is 10.7. The molecule has 0 saturated carbocycles. The number of thioether (sulfide) groups is 1. The Labute approximate surface area is 159 Å². The van der Waals surface area contributed by atoms with Crippen LogP contribution in [-0.4, -0.2) is 26.4 Å². The van der Waals surface area contributed by atoms with Crippen LogP contribution in [0.5, 0.6) is 0 Å². The Morgan fingerprint density at radius 1 is 1.42 bits per heavy atom. The highest BCUT2D eigenvalue weighted by atomic mass is 32.2. The minimum Gasteiger partial charge on any atom is -0.323 e. The number of para-hydroxylation sites is 1. The number of hydrogen-bond acceptors (Lipinski definition) is 5. The molecule has 3 aromatic rings. The van der Waals surface area contributed by atoms with Crippen molar-refractivity contribution < 1.29 is 9.18 Å². The van der Waals surface area contributed by atoms with E-state index in [1.54, 1.807) is 29.5 Å². The Kier molecular flexibility index (Phi) is 5.85. The summed E-state index contributed by atoms with van der Waals surface area (Å²) in [5, 5.41) is 13.7. The van der Waals surface area contributed by atoms with E-state index in [4.69, 9.17) is 0 Å². The number of halogens is 1. The van der Waals surface area contributed by atoms with Crippen molar-refractivity contribution in [1.29, 1.82) is 0 Å². The molecule has 1 N–H and O–H groups in total. The number of allylic oxidation sites excluding steroid dienone is 1. The summed E-state index contributed by atoms with van der Waals surface area (Å²) in [5.74, 6) is 0.0787. The lowest BCUT2D eigenvalue weighted by Gasteiger charge is -2.08.